The minimum absolute atomic E-state index is 0.251. The first kappa shape index (κ1) is 17.7. The van der Waals surface area contributed by atoms with Crippen LogP contribution in [0.2, 0.25) is 5.02 Å². The summed E-state index contributed by atoms with van der Waals surface area (Å²) in [5.41, 5.74) is 2.01. The van der Waals surface area contributed by atoms with Crippen molar-refractivity contribution in [1.29, 1.82) is 0 Å². The maximum Gasteiger partial charge on any atom is 0.152 e. The zero-order chi connectivity index (χ0) is 18.8. The van der Waals surface area contributed by atoms with E-state index < -0.39 is 0 Å². The van der Waals surface area contributed by atoms with Crippen LogP contribution >= 0.6 is 11.6 Å². The van der Waals surface area contributed by atoms with Crippen molar-refractivity contribution in [2.45, 2.75) is 13.0 Å². The number of H-pyrrole nitrogens is 1. The van der Waals surface area contributed by atoms with E-state index >= 15 is 0 Å². The van der Waals surface area contributed by atoms with E-state index in [1.54, 1.807) is 6.20 Å². The summed E-state index contributed by atoms with van der Waals surface area (Å²) in [5.74, 6) is 1.84. The number of rotatable bonds is 5. The number of carbonyl (C=O) groups excluding carboxylic acids is 1. The van der Waals surface area contributed by atoms with Crippen LogP contribution in [-0.2, 0) is 4.79 Å². The zero-order valence-electron chi connectivity index (χ0n) is 15.2. The molecule has 3 aromatic rings. The molecule has 6 nitrogen and oxygen atoms in total. The number of hydrogen-bond donors (Lipinski definition) is 2. The van der Waals surface area contributed by atoms with Crippen molar-refractivity contribution in [1.82, 2.24) is 9.97 Å². The van der Waals surface area contributed by atoms with Gasteiger partial charge in [0, 0.05) is 48.3 Å². The predicted octanol–water partition coefficient (Wildman–Crippen LogP) is 3.54. The van der Waals surface area contributed by atoms with Crippen LogP contribution in [-0.4, -0.2) is 48.5 Å². The Balaban J connectivity index is 1.59. The smallest absolute Gasteiger partial charge is 0.152 e. The second-order valence-electron chi connectivity index (χ2n) is 6.63. The van der Waals surface area contributed by atoms with Gasteiger partial charge in [-0.25, -0.2) is 4.98 Å². The summed E-state index contributed by atoms with van der Waals surface area (Å²) in [6, 6.07) is 11.5. The molecule has 1 aliphatic heterocycles. The quantitative estimate of drug-likeness (QED) is 0.660. The Morgan fingerprint density at radius 1 is 1.33 bits per heavy atom. The van der Waals surface area contributed by atoms with Gasteiger partial charge in [0.05, 0.1) is 5.69 Å². The molecule has 0 amide bonds. The van der Waals surface area contributed by atoms with Crippen molar-refractivity contribution >= 4 is 46.1 Å². The Kier molecular flexibility index (Phi) is 4.90. The standard InChI is InChI=1S/C20H22ClN5O/c1-2-22-18-4-3-7-23-20(18)25-8-9-26(16(12-25)13-27)19-11-14-10-15(21)5-6-17(14)24-19/h3-7,10-11,13,16,22,24H,2,8-9,12H2,1H3. The van der Waals surface area contributed by atoms with Gasteiger partial charge in [-0.1, -0.05) is 11.6 Å². The molecule has 0 spiro atoms. The fourth-order valence-electron chi connectivity index (χ4n) is 3.64. The average molecular weight is 384 g/mol. The van der Waals surface area contributed by atoms with Crippen molar-refractivity contribution < 1.29 is 4.79 Å². The van der Waals surface area contributed by atoms with Gasteiger partial charge < -0.3 is 24.9 Å². The number of aromatic nitrogens is 2. The topological polar surface area (TPSA) is 64.3 Å². The number of pyridine rings is 1. The summed E-state index contributed by atoms with van der Waals surface area (Å²) in [6.45, 7) is 5.00. The third-order valence-corrected chi connectivity index (χ3v) is 5.14. The minimum atomic E-state index is -0.251. The Hall–Kier alpha value is -2.73. The predicted molar refractivity (Wildman–Crippen MR) is 111 cm³/mol. The Morgan fingerprint density at radius 2 is 2.22 bits per heavy atom. The normalized spacial score (nSPS) is 17.3. The number of carbonyl (C=O) groups is 1. The molecule has 3 heterocycles. The van der Waals surface area contributed by atoms with Gasteiger partial charge in [0.1, 0.15) is 18.1 Å². The number of nitrogens with zero attached hydrogens (tertiary/aromatic N) is 3. The molecule has 1 unspecified atom stereocenters. The number of piperazine rings is 1. The van der Waals surface area contributed by atoms with Crippen LogP contribution in [0.1, 0.15) is 6.92 Å². The maximum absolute atomic E-state index is 11.9. The van der Waals surface area contributed by atoms with E-state index in [9.17, 15) is 4.79 Å². The van der Waals surface area contributed by atoms with Crippen LogP contribution in [0.5, 0.6) is 0 Å². The molecule has 2 N–H and O–H groups in total. The second-order valence-corrected chi connectivity index (χ2v) is 7.07. The molecule has 1 fully saturated rings. The molecular formula is C20H22ClN5O. The van der Waals surface area contributed by atoms with E-state index in [2.05, 4.69) is 38.1 Å². The first-order valence-electron chi connectivity index (χ1n) is 9.13. The number of halogens is 1. The van der Waals surface area contributed by atoms with Crippen molar-refractivity contribution in [2.75, 3.05) is 41.3 Å². The van der Waals surface area contributed by atoms with Gasteiger partial charge >= 0.3 is 0 Å². The highest BCUT2D eigenvalue weighted by Crippen LogP contribution is 2.29. The van der Waals surface area contributed by atoms with Crippen molar-refractivity contribution in [3.05, 3.63) is 47.6 Å². The Morgan fingerprint density at radius 3 is 3.04 bits per heavy atom. The summed E-state index contributed by atoms with van der Waals surface area (Å²) in [6.07, 6.45) is 2.81. The van der Waals surface area contributed by atoms with E-state index in [0.29, 0.717) is 11.6 Å². The monoisotopic (exact) mass is 383 g/mol. The summed E-state index contributed by atoms with van der Waals surface area (Å²) in [4.78, 5) is 24.1. The van der Waals surface area contributed by atoms with Crippen molar-refractivity contribution in [3.63, 3.8) is 0 Å². The molecule has 1 aromatic carbocycles. The number of fused-ring (bicyclic) bond motifs is 1. The number of benzene rings is 1. The van der Waals surface area contributed by atoms with E-state index in [1.807, 2.05) is 30.3 Å². The SMILES string of the molecule is CCNc1cccnc1N1CCN(c2cc3cc(Cl)ccc3[nH]2)C(C=O)C1. The van der Waals surface area contributed by atoms with Gasteiger partial charge in [0.25, 0.3) is 0 Å². The number of anilines is 3. The molecule has 4 rings (SSSR count). The van der Waals surface area contributed by atoms with Crippen LogP contribution in [0.15, 0.2) is 42.6 Å². The number of hydrogen-bond acceptors (Lipinski definition) is 5. The molecule has 7 heteroatoms. The third kappa shape index (κ3) is 3.45. The van der Waals surface area contributed by atoms with Crippen LogP contribution in [0.4, 0.5) is 17.3 Å². The lowest BCUT2D eigenvalue weighted by molar-refractivity contribution is -0.109. The molecule has 0 bridgehead atoms. The van der Waals surface area contributed by atoms with Gasteiger partial charge in [-0.05, 0) is 43.3 Å². The summed E-state index contributed by atoms with van der Waals surface area (Å²) in [5, 5.41) is 5.10. The molecule has 2 aromatic heterocycles. The fraction of sp³-hybridized carbons (Fsp3) is 0.300. The van der Waals surface area contributed by atoms with Gasteiger partial charge in [0.2, 0.25) is 0 Å². The summed E-state index contributed by atoms with van der Waals surface area (Å²) < 4.78 is 0. The highest BCUT2D eigenvalue weighted by Gasteiger charge is 2.29. The number of nitrogens with one attached hydrogen (secondary N) is 2. The van der Waals surface area contributed by atoms with Crippen LogP contribution in [0, 0.1) is 0 Å². The number of aldehydes is 1. The second kappa shape index (κ2) is 7.48. The minimum Gasteiger partial charge on any atom is -0.382 e. The lowest BCUT2D eigenvalue weighted by atomic mass is 10.1. The lowest BCUT2D eigenvalue weighted by Gasteiger charge is -2.40. The summed E-state index contributed by atoms with van der Waals surface area (Å²) >= 11 is 6.09. The van der Waals surface area contributed by atoms with Gasteiger partial charge in [-0.3, -0.25) is 0 Å². The molecule has 0 aliphatic carbocycles. The Bertz CT molecular complexity index is 956. The van der Waals surface area contributed by atoms with Crippen molar-refractivity contribution in [2.24, 2.45) is 0 Å². The molecule has 1 atom stereocenters. The van der Waals surface area contributed by atoms with E-state index in [1.165, 1.54) is 0 Å². The largest absolute Gasteiger partial charge is 0.382 e. The van der Waals surface area contributed by atoms with Crippen LogP contribution in [0.3, 0.4) is 0 Å². The van der Waals surface area contributed by atoms with Crippen LogP contribution < -0.4 is 15.1 Å². The van der Waals surface area contributed by atoms with E-state index in [-0.39, 0.29) is 6.04 Å². The molecule has 1 saturated heterocycles. The fourth-order valence-corrected chi connectivity index (χ4v) is 3.82. The molecule has 1 aliphatic rings. The van der Waals surface area contributed by atoms with E-state index in [4.69, 9.17) is 11.6 Å². The zero-order valence-corrected chi connectivity index (χ0v) is 15.9. The first-order valence-corrected chi connectivity index (χ1v) is 9.51. The molecular weight excluding hydrogens is 362 g/mol. The van der Waals surface area contributed by atoms with Gasteiger partial charge in [0.15, 0.2) is 5.82 Å². The Labute approximate surface area is 163 Å². The highest BCUT2D eigenvalue weighted by molar-refractivity contribution is 6.31. The van der Waals surface area contributed by atoms with Gasteiger partial charge in [-0.15, -0.1) is 0 Å². The third-order valence-electron chi connectivity index (χ3n) is 4.91. The lowest BCUT2D eigenvalue weighted by Crippen LogP contribution is -2.54. The first-order chi connectivity index (χ1) is 13.2. The average Bonchev–Trinajstić information content (AvgIpc) is 3.11. The molecule has 0 radical (unpaired) electrons. The number of aromatic amines is 1. The molecule has 27 heavy (non-hydrogen) atoms. The molecule has 140 valence electrons. The van der Waals surface area contributed by atoms with E-state index in [0.717, 1.165) is 54.1 Å². The summed E-state index contributed by atoms with van der Waals surface area (Å²) in [7, 11) is 0. The molecule has 0 saturated carbocycles. The maximum atomic E-state index is 11.9. The van der Waals surface area contributed by atoms with Crippen molar-refractivity contribution in [3.8, 4) is 0 Å². The van der Waals surface area contributed by atoms with Crippen LogP contribution in [0.25, 0.3) is 10.9 Å². The van der Waals surface area contributed by atoms with Gasteiger partial charge in [-0.2, -0.15) is 0 Å². The highest BCUT2D eigenvalue weighted by atomic mass is 35.5.